The number of sulfonamides is 1. The van der Waals surface area contributed by atoms with E-state index >= 15 is 0 Å². The van der Waals surface area contributed by atoms with Gasteiger partial charge >= 0.3 is 0 Å². The lowest BCUT2D eigenvalue weighted by atomic mass is 10.2. The van der Waals surface area contributed by atoms with E-state index < -0.39 is 26.6 Å². The van der Waals surface area contributed by atoms with Crippen molar-refractivity contribution in [1.82, 2.24) is 9.29 Å². The van der Waals surface area contributed by atoms with Crippen molar-refractivity contribution in [1.29, 1.82) is 0 Å². The molecule has 1 amide bonds. The van der Waals surface area contributed by atoms with Gasteiger partial charge in [-0.2, -0.15) is 4.31 Å². The molecule has 0 spiro atoms. The fourth-order valence-electron chi connectivity index (χ4n) is 3.39. The third kappa shape index (κ3) is 4.41. The number of aromatic nitrogens is 1. The van der Waals surface area contributed by atoms with Crippen LogP contribution in [0.15, 0.2) is 47.4 Å². The van der Waals surface area contributed by atoms with E-state index in [1.807, 2.05) is 19.1 Å². The second-order valence-electron chi connectivity index (χ2n) is 6.98. The lowest BCUT2D eigenvalue weighted by Crippen LogP contribution is -2.40. The van der Waals surface area contributed by atoms with Gasteiger partial charge in [0.05, 0.1) is 19.8 Å². The molecule has 1 saturated heterocycles. The van der Waals surface area contributed by atoms with Crippen LogP contribution in [-0.4, -0.2) is 56.5 Å². The number of nitrogens with zero attached hydrogens (tertiary/aromatic N) is 1. The summed E-state index contributed by atoms with van der Waals surface area (Å²) in [5.74, 6) is -0.672. The molecule has 0 aliphatic carbocycles. The van der Waals surface area contributed by atoms with Gasteiger partial charge in [-0.15, -0.1) is 0 Å². The second kappa shape index (κ2) is 8.66. The van der Waals surface area contributed by atoms with Crippen molar-refractivity contribution in [3.63, 3.8) is 0 Å². The van der Waals surface area contributed by atoms with Gasteiger partial charge in [0, 0.05) is 35.7 Å². The minimum absolute atomic E-state index is 0.150. The van der Waals surface area contributed by atoms with Crippen LogP contribution in [0.25, 0.3) is 10.9 Å². The van der Waals surface area contributed by atoms with E-state index in [0.717, 1.165) is 23.0 Å². The molecule has 0 atom stereocenters. The van der Waals surface area contributed by atoms with Crippen molar-refractivity contribution in [2.45, 2.75) is 11.8 Å². The molecule has 1 fully saturated rings. The van der Waals surface area contributed by atoms with Gasteiger partial charge in [0.2, 0.25) is 10.0 Å². The van der Waals surface area contributed by atoms with Gasteiger partial charge in [0.1, 0.15) is 22.2 Å². The van der Waals surface area contributed by atoms with Crippen LogP contribution < -0.4 is 10.1 Å². The van der Waals surface area contributed by atoms with Crippen LogP contribution in [0.5, 0.6) is 5.75 Å². The number of carbonyl (C=O) groups is 1. The molecular weight excluding hydrogens is 425 g/mol. The molecule has 3 aromatic rings. The molecule has 0 radical (unpaired) electrons. The van der Waals surface area contributed by atoms with Crippen molar-refractivity contribution in [3.05, 3.63) is 54.0 Å². The SMILES string of the molecule is CCOc1ccc2cc(C(=O)Nc3ccc(F)c(S(=O)(=O)N4CCOCC4)c3)[nH]c2c1. The molecule has 0 saturated carbocycles. The van der Waals surface area contributed by atoms with Crippen LogP contribution in [0.1, 0.15) is 17.4 Å². The Morgan fingerprint density at radius 3 is 2.71 bits per heavy atom. The number of fused-ring (bicyclic) bond motifs is 1. The Hall–Kier alpha value is -2.95. The molecule has 1 aliphatic heterocycles. The van der Waals surface area contributed by atoms with Gasteiger partial charge in [0.15, 0.2) is 0 Å². The van der Waals surface area contributed by atoms with E-state index in [4.69, 9.17) is 9.47 Å². The first-order chi connectivity index (χ1) is 14.9. The summed E-state index contributed by atoms with van der Waals surface area (Å²) in [6.45, 7) is 3.22. The zero-order chi connectivity index (χ0) is 22.0. The fraction of sp³-hybridized carbons (Fsp3) is 0.286. The largest absolute Gasteiger partial charge is 0.494 e. The van der Waals surface area contributed by atoms with Crippen molar-refractivity contribution < 1.29 is 27.1 Å². The molecule has 0 unspecified atom stereocenters. The lowest BCUT2D eigenvalue weighted by molar-refractivity contribution is 0.0729. The molecule has 4 rings (SSSR count). The van der Waals surface area contributed by atoms with Crippen LogP contribution in [0, 0.1) is 5.82 Å². The number of halogens is 1. The van der Waals surface area contributed by atoms with E-state index in [1.54, 1.807) is 12.1 Å². The average Bonchev–Trinajstić information content (AvgIpc) is 3.19. The van der Waals surface area contributed by atoms with Crippen molar-refractivity contribution in [3.8, 4) is 5.75 Å². The van der Waals surface area contributed by atoms with E-state index in [0.29, 0.717) is 12.4 Å². The minimum atomic E-state index is -4.04. The number of anilines is 1. The summed E-state index contributed by atoms with van der Waals surface area (Å²) in [5.41, 5.74) is 1.18. The van der Waals surface area contributed by atoms with Gasteiger partial charge < -0.3 is 19.8 Å². The number of rotatable bonds is 6. The molecule has 0 bridgehead atoms. The van der Waals surface area contributed by atoms with E-state index in [1.165, 1.54) is 10.4 Å². The predicted molar refractivity (Wildman–Crippen MR) is 113 cm³/mol. The van der Waals surface area contributed by atoms with E-state index in [-0.39, 0.29) is 37.7 Å². The number of ether oxygens (including phenoxy) is 2. The standard InChI is InChI=1S/C21H22FN3O5S/c1-2-30-16-5-3-14-11-19(24-18(14)13-16)21(26)23-15-4-6-17(22)20(12-15)31(27,28)25-7-9-29-10-8-25/h3-6,11-13,24H,2,7-10H2,1H3,(H,23,26). The number of carbonyl (C=O) groups excluding carboxylic acids is 1. The van der Waals surface area contributed by atoms with Gasteiger partial charge in [-0.05, 0) is 43.3 Å². The van der Waals surface area contributed by atoms with Gasteiger partial charge in [0.25, 0.3) is 5.91 Å². The summed E-state index contributed by atoms with van der Waals surface area (Å²) in [5, 5.41) is 3.45. The summed E-state index contributed by atoms with van der Waals surface area (Å²) in [6, 6.07) is 10.6. The van der Waals surface area contributed by atoms with E-state index in [2.05, 4.69) is 10.3 Å². The first kappa shape index (κ1) is 21.3. The number of hydrogen-bond donors (Lipinski definition) is 2. The second-order valence-corrected chi connectivity index (χ2v) is 8.89. The molecule has 2 N–H and O–H groups in total. The number of morpholine rings is 1. The number of amides is 1. The molecule has 8 nitrogen and oxygen atoms in total. The Kier molecular flexibility index (Phi) is 5.94. The Morgan fingerprint density at radius 1 is 1.19 bits per heavy atom. The maximum Gasteiger partial charge on any atom is 0.272 e. The fourth-order valence-corrected chi connectivity index (χ4v) is 4.89. The predicted octanol–water partition coefficient (Wildman–Crippen LogP) is 2.98. The zero-order valence-electron chi connectivity index (χ0n) is 16.9. The molecule has 31 heavy (non-hydrogen) atoms. The van der Waals surface area contributed by atoms with Crippen LogP contribution in [0.3, 0.4) is 0 Å². The summed E-state index contributed by atoms with van der Waals surface area (Å²) < 4.78 is 51.8. The Morgan fingerprint density at radius 2 is 1.97 bits per heavy atom. The highest BCUT2D eigenvalue weighted by molar-refractivity contribution is 7.89. The molecule has 1 aromatic heterocycles. The first-order valence-electron chi connectivity index (χ1n) is 9.83. The third-order valence-corrected chi connectivity index (χ3v) is 6.84. The average molecular weight is 447 g/mol. The number of nitrogens with one attached hydrogen (secondary N) is 2. The highest BCUT2D eigenvalue weighted by Gasteiger charge is 2.29. The maximum absolute atomic E-state index is 14.4. The van der Waals surface area contributed by atoms with Crippen LogP contribution in [0.4, 0.5) is 10.1 Å². The third-order valence-electron chi connectivity index (χ3n) is 4.93. The van der Waals surface area contributed by atoms with Crippen molar-refractivity contribution in [2.24, 2.45) is 0 Å². The smallest absolute Gasteiger partial charge is 0.272 e. The molecule has 2 heterocycles. The van der Waals surface area contributed by atoms with Gasteiger partial charge in [-0.3, -0.25) is 4.79 Å². The van der Waals surface area contributed by atoms with Crippen molar-refractivity contribution in [2.75, 3.05) is 38.2 Å². The van der Waals surface area contributed by atoms with Gasteiger partial charge in [-0.25, -0.2) is 12.8 Å². The first-order valence-corrected chi connectivity index (χ1v) is 11.3. The number of hydrogen-bond acceptors (Lipinski definition) is 5. The Balaban J connectivity index is 1.57. The van der Waals surface area contributed by atoms with E-state index in [9.17, 15) is 17.6 Å². The number of benzene rings is 2. The van der Waals surface area contributed by atoms with Crippen LogP contribution in [-0.2, 0) is 14.8 Å². The quantitative estimate of drug-likeness (QED) is 0.605. The maximum atomic E-state index is 14.4. The zero-order valence-corrected chi connectivity index (χ0v) is 17.7. The van der Waals surface area contributed by atoms with Gasteiger partial charge in [-0.1, -0.05) is 0 Å². The summed E-state index contributed by atoms with van der Waals surface area (Å²) in [7, 11) is -4.04. The topological polar surface area (TPSA) is 101 Å². The summed E-state index contributed by atoms with van der Waals surface area (Å²) in [4.78, 5) is 15.2. The molecule has 2 aromatic carbocycles. The summed E-state index contributed by atoms with van der Waals surface area (Å²) in [6.07, 6.45) is 0. The Labute approximate surface area is 179 Å². The minimum Gasteiger partial charge on any atom is -0.494 e. The highest BCUT2D eigenvalue weighted by atomic mass is 32.2. The van der Waals surface area contributed by atoms with Crippen LogP contribution >= 0.6 is 0 Å². The highest BCUT2D eigenvalue weighted by Crippen LogP contribution is 2.25. The summed E-state index contributed by atoms with van der Waals surface area (Å²) >= 11 is 0. The number of aromatic amines is 1. The lowest BCUT2D eigenvalue weighted by Gasteiger charge is -2.26. The molecule has 1 aliphatic rings. The molecular formula is C21H22FN3O5S. The monoisotopic (exact) mass is 447 g/mol. The Bertz CT molecular complexity index is 1220. The normalized spacial score (nSPS) is 15.2. The molecule has 10 heteroatoms. The molecule has 164 valence electrons. The van der Waals surface area contributed by atoms with Crippen LogP contribution in [0.2, 0.25) is 0 Å². The van der Waals surface area contributed by atoms with Crippen molar-refractivity contribution >= 4 is 32.5 Å². The number of H-pyrrole nitrogens is 1.